The summed E-state index contributed by atoms with van der Waals surface area (Å²) < 4.78 is 25.4. The maximum atomic E-state index is 12.7. The predicted octanol–water partition coefficient (Wildman–Crippen LogP) is 2.73. The molecule has 0 unspecified atom stereocenters. The maximum absolute atomic E-state index is 12.7. The number of halogens is 3. The first kappa shape index (κ1) is 9.14. The van der Waals surface area contributed by atoms with Crippen LogP contribution >= 0.6 is 15.9 Å². The van der Waals surface area contributed by atoms with Crippen LogP contribution in [-0.4, -0.2) is 0 Å². The second-order valence-electron chi connectivity index (χ2n) is 2.18. The highest BCUT2D eigenvalue weighted by molar-refractivity contribution is 9.08. The molecular weight excluding hydrogens is 228 g/mol. The third kappa shape index (κ3) is 1.62. The molecule has 0 aliphatic rings. The molecular formula is C8H4BrF2N. The number of rotatable bonds is 1. The van der Waals surface area contributed by atoms with Crippen LogP contribution in [0.4, 0.5) is 8.78 Å². The molecule has 0 radical (unpaired) electrons. The zero-order valence-electron chi connectivity index (χ0n) is 5.94. The van der Waals surface area contributed by atoms with Gasteiger partial charge in [0.15, 0.2) is 11.6 Å². The van der Waals surface area contributed by atoms with Crippen molar-refractivity contribution in [2.75, 3.05) is 0 Å². The summed E-state index contributed by atoms with van der Waals surface area (Å²) in [5, 5.41) is 8.79. The van der Waals surface area contributed by atoms with Gasteiger partial charge in [-0.05, 0) is 17.7 Å². The molecule has 1 nitrogen and oxygen atoms in total. The summed E-state index contributed by atoms with van der Waals surface area (Å²) in [4.78, 5) is 0. The molecule has 0 saturated heterocycles. The predicted molar refractivity (Wildman–Crippen MR) is 43.7 cm³/mol. The van der Waals surface area contributed by atoms with E-state index in [0.717, 1.165) is 6.07 Å². The fraction of sp³-hybridized carbons (Fsp3) is 0.125. The summed E-state index contributed by atoms with van der Waals surface area (Å²) in [5.41, 5.74) is 0.287. The van der Waals surface area contributed by atoms with E-state index in [-0.39, 0.29) is 5.56 Å². The highest BCUT2D eigenvalue weighted by atomic mass is 79.9. The third-order valence-corrected chi connectivity index (χ3v) is 2.01. The van der Waals surface area contributed by atoms with Crippen LogP contribution in [0, 0.1) is 23.0 Å². The summed E-state index contributed by atoms with van der Waals surface area (Å²) in [5.74, 6) is -2.06. The smallest absolute Gasteiger partial charge is 0.176 e. The molecule has 0 amide bonds. The Balaban J connectivity index is 3.31. The molecule has 0 atom stereocenters. The Hall–Kier alpha value is -0.950. The van der Waals surface area contributed by atoms with Gasteiger partial charge in [0, 0.05) is 5.33 Å². The van der Waals surface area contributed by atoms with Crippen LogP contribution in [0.1, 0.15) is 11.1 Å². The first-order valence-electron chi connectivity index (χ1n) is 3.13. The van der Waals surface area contributed by atoms with E-state index in [4.69, 9.17) is 5.26 Å². The van der Waals surface area contributed by atoms with Gasteiger partial charge in [0.05, 0.1) is 5.56 Å². The van der Waals surface area contributed by atoms with Gasteiger partial charge in [0.2, 0.25) is 0 Å². The van der Waals surface area contributed by atoms with Crippen molar-refractivity contribution in [1.29, 1.82) is 5.26 Å². The Bertz CT molecular complexity index is 344. The topological polar surface area (TPSA) is 23.8 Å². The van der Waals surface area contributed by atoms with Crippen LogP contribution in [0.3, 0.4) is 0 Å². The van der Waals surface area contributed by atoms with Crippen molar-refractivity contribution in [2.24, 2.45) is 0 Å². The number of benzene rings is 1. The molecule has 0 saturated carbocycles. The van der Waals surface area contributed by atoms with Crippen molar-refractivity contribution < 1.29 is 8.78 Å². The SMILES string of the molecule is N#Cc1cc(CBr)cc(F)c1F. The minimum atomic E-state index is -1.08. The van der Waals surface area contributed by atoms with E-state index in [1.54, 1.807) is 6.07 Å². The average molecular weight is 232 g/mol. The summed E-state index contributed by atoms with van der Waals surface area (Å²) in [6, 6.07) is 3.95. The number of nitriles is 1. The van der Waals surface area contributed by atoms with Gasteiger partial charge in [-0.25, -0.2) is 8.78 Å². The van der Waals surface area contributed by atoms with Gasteiger partial charge >= 0.3 is 0 Å². The molecule has 12 heavy (non-hydrogen) atoms. The minimum absolute atomic E-state index is 0.260. The lowest BCUT2D eigenvalue weighted by atomic mass is 10.1. The maximum Gasteiger partial charge on any atom is 0.176 e. The van der Waals surface area contributed by atoms with Gasteiger partial charge < -0.3 is 0 Å². The van der Waals surface area contributed by atoms with E-state index in [1.807, 2.05) is 0 Å². The standard InChI is InChI=1S/C8H4BrF2N/c9-3-5-1-6(4-12)8(11)7(10)2-5/h1-2H,3H2. The minimum Gasteiger partial charge on any atom is -0.204 e. The zero-order chi connectivity index (χ0) is 9.14. The quantitative estimate of drug-likeness (QED) is 0.683. The lowest BCUT2D eigenvalue weighted by Crippen LogP contribution is -1.92. The first-order chi connectivity index (χ1) is 5.69. The van der Waals surface area contributed by atoms with Gasteiger partial charge in [-0.1, -0.05) is 15.9 Å². The van der Waals surface area contributed by atoms with Gasteiger partial charge in [0.25, 0.3) is 0 Å². The number of hydrogen-bond acceptors (Lipinski definition) is 1. The summed E-state index contributed by atoms with van der Waals surface area (Å²) >= 11 is 3.08. The van der Waals surface area contributed by atoms with Gasteiger partial charge in [-0.15, -0.1) is 0 Å². The molecule has 0 N–H and O–H groups in total. The molecule has 0 aliphatic carbocycles. The lowest BCUT2D eigenvalue weighted by Gasteiger charge is -1.98. The summed E-state index contributed by atoms with van der Waals surface area (Å²) in [6.45, 7) is 0. The van der Waals surface area contributed by atoms with Gasteiger partial charge in [-0.2, -0.15) is 5.26 Å². The van der Waals surface area contributed by atoms with E-state index >= 15 is 0 Å². The van der Waals surface area contributed by atoms with Crippen LogP contribution in [0.2, 0.25) is 0 Å². The zero-order valence-corrected chi connectivity index (χ0v) is 7.53. The van der Waals surface area contributed by atoms with E-state index in [0.29, 0.717) is 10.9 Å². The van der Waals surface area contributed by atoms with Gasteiger partial charge in [-0.3, -0.25) is 0 Å². The van der Waals surface area contributed by atoms with Crippen LogP contribution in [0.25, 0.3) is 0 Å². The van der Waals surface area contributed by atoms with Crippen molar-refractivity contribution in [3.05, 3.63) is 34.9 Å². The van der Waals surface area contributed by atoms with Crippen LogP contribution in [-0.2, 0) is 5.33 Å². The summed E-state index contributed by atoms with van der Waals surface area (Å²) in [7, 11) is 0. The lowest BCUT2D eigenvalue weighted by molar-refractivity contribution is 0.505. The van der Waals surface area contributed by atoms with Gasteiger partial charge in [0.1, 0.15) is 6.07 Å². The number of nitrogens with zero attached hydrogens (tertiary/aromatic N) is 1. The molecule has 1 aromatic carbocycles. The van der Waals surface area contributed by atoms with Crippen molar-refractivity contribution in [3.8, 4) is 6.07 Å². The fourth-order valence-corrected chi connectivity index (χ4v) is 1.13. The van der Waals surface area contributed by atoms with E-state index < -0.39 is 11.6 Å². The molecule has 0 aromatic heterocycles. The van der Waals surface area contributed by atoms with Crippen molar-refractivity contribution in [1.82, 2.24) is 0 Å². The molecule has 0 aliphatic heterocycles. The molecule has 1 aromatic rings. The molecule has 0 bridgehead atoms. The Labute approximate surface area is 76.8 Å². The monoisotopic (exact) mass is 231 g/mol. The molecule has 4 heteroatoms. The highest BCUT2D eigenvalue weighted by Gasteiger charge is 2.09. The average Bonchev–Trinajstić information content (AvgIpc) is 2.09. The van der Waals surface area contributed by atoms with Crippen molar-refractivity contribution >= 4 is 15.9 Å². The van der Waals surface area contributed by atoms with Crippen molar-refractivity contribution in [2.45, 2.75) is 5.33 Å². The largest absolute Gasteiger partial charge is 0.204 e. The van der Waals surface area contributed by atoms with Crippen LogP contribution in [0.15, 0.2) is 12.1 Å². The fourth-order valence-electron chi connectivity index (χ4n) is 0.804. The second kappa shape index (κ2) is 3.63. The third-order valence-electron chi connectivity index (χ3n) is 1.36. The number of hydrogen-bond donors (Lipinski definition) is 0. The molecule has 0 spiro atoms. The van der Waals surface area contributed by atoms with Crippen LogP contribution in [0.5, 0.6) is 0 Å². The normalized spacial score (nSPS) is 9.50. The first-order valence-corrected chi connectivity index (χ1v) is 4.25. The Morgan fingerprint density at radius 1 is 1.42 bits per heavy atom. The molecule has 1 rings (SSSR count). The molecule has 62 valence electrons. The van der Waals surface area contributed by atoms with Crippen LogP contribution < -0.4 is 0 Å². The van der Waals surface area contributed by atoms with E-state index in [1.165, 1.54) is 6.07 Å². The van der Waals surface area contributed by atoms with E-state index in [9.17, 15) is 8.78 Å². The van der Waals surface area contributed by atoms with Crippen molar-refractivity contribution in [3.63, 3.8) is 0 Å². The summed E-state index contributed by atoms with van der Waals surface area (Å²) in [6.07, 6.45) is 0. The molecule has 0 fully saturated rings. The Morgan fingerprint density at radius 2 is 2.08 bits per heavy atom. The molecule has 0 heterocycles. The highest BCUT2D eigenvalue weighted by Crippen LogP contribution is 2.15. The number of alkyl halides is 1. The van der Waals surface area contributed by atoms with E-state index in [2.05, 4.69) is 15.9 Å². The Kier molecular flexibility index (Phi) is 2.77. The second-order valence-corrected chi connectivity index (χ2v) is 2.75. The Morgan fingerprint density at radius 3 is 2.58 bits per heavy atom.